The van der Waals surface area contributed by atoms with Crippen molar-refractivity contribution >= 4 is 17.5 Å². The van der Waals surface area contributed by atoms with Crippen LogP contribution in [0.5, 0.6) is 0 Å². The van der Waals surface area contributed by atoms with Gasteiger partial charge in [-0.05, 0) is 73.6 Å². The summed E-state index contributed by atoms with van der Waals surface area (Å²) < 4.78 is 0. The number of carbonyl (C=O) groups is 2. The summed E-state index contributed by atoms with van der Waals surface area (Å²) in [5, 5.41) is 3.20. The smallest absolute Gasteiger partial charge is 0.256 e. The van der Waals surface area contributed by atoms with E-state index in [1.165, 1.54) is 0 Å². The largest absolute Gasteiger partial charge is 0.337 e. The van der Waals surface area contributed by atoms with Crippen LogP contribution in [0.1, 0.15) is 16.8 Å². The Hall–Kier alpha value is -1.88. The lowest BCUT2D eigenvalue weighted by Gasteiger charge is -3.06. The Morgan fingerprint density at radius 3 is 2.41 bits per heavy atom. The Labute approximate surface area is 159 Å². The van der Waals surface area contributed by atoms with Crippen LogP contribution in [0.25, 0.3) is 0 Å². The molecule has 8 rings (SSSR count). The van der Waals surface area contributed by atoms with Gasteiger partial charge in [-0.2, -0.15) is 0 Å². The van der Waals surface area contributed by atoms with Crippen molar-refractivity contribution in [2.45, 2.75) is 6.42 Å². The molecule has 1 aromatic carbocycles. The Bertz CT molecular complexity index is 845. The molecular formula is C22H25N3O2. The van der Waals surface area contributed by atoms with E-state index in [1.54, 1.807) is 0 Å². The van der Waals surface area contributed by atoms with E-state index in [1.807, 2.05) is 29.2 Å². The molecule has 0 aromatic heterocycles. The molecule has 2 amide bonds. The number of benzene rings is 1. The molecule has 27 heavy (non-hydrogen) atoms. The molecule has 0 atom stereocenters. The summed E-state index contributed by atoms with van der Waals surface area (Å²) in [5.41, 5.74) is 1.32. The SMILES string of the molecule is CN1CCCN(C(=O)c2ccccc2NC(=O)C23C4C5C6C4C2C6C53)CC1. The van der Waals surface area contributed by atoms with Gasteiger partial charge < -0.3 is 15.1 Å². The highest BCUT2D eigenvalue weighted by Crippen LogP contribution is 3.05. The molecule has 7 aliphatic rings. The molecule has 0 radical (unpaired) electrons. The first-order valence-corrected chi connectivity index (χ1v) is 10.5. The average molecular weight is 363 g/mol. The predicted molar refractivity (Wildman–Crippen MR) is 100.0 cm³/mol. The highest BCUT2D eigenvalue weighted by molar-refractivity contribution is 6.07. The maximum atomic E-state index is 13.2. The van der Waals surface area contributed by atoms with Crippen molar-refractivity contribution in [1.29, 1.82) is 0 Å². The maximum Gasteiger partial charge on any atom is 0.256 e. The van der Waals surface area contributed by atoms with Crippen LogP contribution < -0.4 is 5.32 Å². The summed E-state index contributed by atoms with van der Waals surface area (Å²) >= 11 is 0. The maximum absolute atomic E-state index is 13.2. The van der Waals surface area contributed by atoms with Crippen LogP contribution in [0.3, 0.4) is 0 Å². The van der Waals surface area contributed by atoms with E-state index in [2.05, 4.69) is 17.3 Å². The number of hydrogen-bond donors (Lipinski definition) is 1. The van der Waals surface area contributed by atoms with Crippen LogP contribution in [-0.2, 0) is 4.79 Å². The summed E-state index contributed by atoms with van der Waals surface area (Å²) in [7, 11) is 2.10. The predicted octanol–water partition coefficient (Wildman–Crippen LogP) is 1.77. The summed E-state index contributed by atoms with van der Waals surface area (Å²) in [6, 6.07) is 7.59. The molecule has 1 saturated heterocycles. The lowest BCUT2D eigenvalue weighted by molar-refractivity contribution is -0.595. The summed E-state index contributed by atoms with van der Waals surface area (Å²) in [6.45, 7) is 3.47. The van der Waals surface area contributed by atoms with Gasteiger partial charge in [0.2, 0.25) is 5.91 Å². The quantitative estimate of drug-likeness (QED) is 0.891. The fourth-order valence-electron chi connectivity index (χ4n) is 8.31. The molecule has 140 valence electrons. The third-order valence-corrected chi connectivity index (χ3v) is 9.28. The molecule has 0 unspecified atom stereocenters. The molecule has 6 saturated carbocycles. The van der Waals surface area contributed by atoms with Gasteiger partial charge in [0.1, 0.15) is 0 Å². The van der Waals surface area contributed by atoms with Gasteiger partial charge >= 0.3 is 0 Å². The molecule has 0 bridgehead atoms. The zero-order chi connectivity index (χ0) is 18.1. The van der Waals surface area contributed by atoms with E-state index in [4.69, 9.17) is 0 Å². The first-order valence-electron chi connectivity index (χ1n) is 10.5. The van der Waals surface area contributed by atoms with Crippen LogP contribution in [0.2, 0.25) is 0 Å². The van der Waals surface area contributed by atoms with Gasteiger partial charge in [0.05, 0.1) is 16.7 Å². The number of rotatable bonds is 3. The summed E-state index contributed by atoms with van der Waals surface area (Å²) in [4.78, 5) is 30.6. The summed E-state index contributed by atoms with van der Waals surface area (Å²) in [5.74, 6) is 6.00. The van der Waals surface area contributed by atoms with Crippen LogP contribution >= 0.6 is 0 Å². The van der Waals surface area contributed by atoms with E-state index >= 15 is 0 Å². The van der Waals surface area contributed by atoms with Gasteiger partial charge in [-0.3, -0.25) is 9.59 Å². The number of hydrogen-bond acceptors (Lipinski definition) is 3. The van der Waals surface area contributed by atoms with Crippen molar-refractivity contribution < 1.29 is 9.59 Å². The van der Waals surface area contributed by atoms with Gasteiger partial charge in [0.25, 0.3) is 5.91 Å². The number of carbonyl (C=O) groups excluding carboxylic acids is 2. The first kappa shape index (κ1) is 15.1. The standard InChI is InChI=1S/C22H25N3O2/c1-24-7-4-8-25(10-9-24)20(26)11-5-2-3-6-12(11)23-21(27)22-17-14-13-15(17)19(22)16(13)18(14)22/h2-3,5-6,13-19H,4,7-10H2,1H3,(H,23,27). The van der Waals surface area contributed by atoms with E-state index in [9.17, 15) is 9.59 Å². The van der Waals surface area contributed by atoms with Gasteiger partial charge in [0, 0.05) is 19.6 Å². The molecule has 5 nitrogen and oxygen atoms in total. The highest BCUT2D eigenvalue weighted by Gasteiger charge is 3.06. The Morgan fingerprint density at radius 2 is 1.67 bits per heavy atom. The topological polar surface area (TPSA) is 52.6 Å². The van der Waals surface area contributed by atoms with Crippen LogP contribution in [-0.4, -0.2) is 54.8 Å². The molecule has 0 spiro atoms. The first-order chi connectivity index (χ1) is 13.2. The van der Waals surface area contributed by atoms with E-state index in [-0.39, 0.29) is 17.2 Å². The molecule has 1 aromatic rings. The van der Waals surface area contributed by atoms with Crippen molar-refractivity contribution in [3.63, 3.8) is 0 Å². The van der Waals surface area contributed by atoms with Crippen molar-refractivity contribution in [2.24, 2.45) is 46.8 Å². The normalized spacial score (nSPS) is 47.3. The number of amides is 2. The van der Waals surface area contributed by atoms with E-state index in [0.717, 1.165) is 56.3 Å². The van der Waals surface area contributed by atoms with Crippen LogP contribution in [0, 0.1) is 46.8 Å². The van der Waals surface area contributed by atoms with E-state index in [0.29, 0.717) is 29.0 Å². The second-order valence-corrected chi connectivity index (χ2v) is 9.77. The number of nitrogens with one attached hydrogen (secondary N) is 1. The van der Waals surface area contributed by atoms with Crippen molar-refractivity contribution in [2.75, 3.05) is 38.5 Å². The fraction of sp³-hybridized carbons (Fsp3) is 0.636. The second-order valence-electron chi connectivity index (χ2n) is 9.77. The minimum Gasteiger partial charge on any atom is -0.337 e. The number of para-hydroxylation sites is 1. The zero-order valence-electron chi connectivity index (χ0n) is 15.6. The van der Waals surface area contributed by atoms with E-state index < -0.39 is 0 Å². The Kier molecular flexibility index (Phi) is 2.55. The van der Waals surface area contributed by atoms with Crippen molar-refractivity contribution in [3.05, 3.63) is 29.8 Å². The van der Waals surface area contributed by atoms with Crippen molar-refractivity contribution in [1.82, 2.24) is 9.80 Å². The van der Waals surface area contributed by atoms with Crippen molar-refractivity contribution in [3.8, 4) is 0 Å². The minimum absolute atomic E-state index is 0.0315. The monoisotopic (exact) mass is 363 g/mol. The molecule has 7 fully saturated rings. The van der Waals surface area contributed by atoms with Gasteiger partial charge in [-0.1, -0.05) is 12.1 Å². The summed E-state index contributed by atoms with van der Waals surface area (Å²) in [6.07, 6.45) is 0.996. The molecule has 5 heteroatoms. The molecule has 1 aliphatic heterocycles. The minimum atomic E-state index is -0.0315. The molecule has 1 N–H and O–H groups in total. The number of nitrogens with zero attached hydrogens (tertiary/aromatic N) is 2. The third kappa shape index (κ3) is 1.39. The number of anilines is 1. The fourth-order valence-corrected chi connectivity index (χ4v) is 8.31. The molecular weight excluding hydrogens is 338 g/mol. The van der Waals surface area contributed by atoms with Crippen LogP contribution in [0.15, 0.2) is 24.3 Å². The third-order valence-electron chi connectivity index (χ3n) is 9.28. The lowest BCUT2D eigenvalue weighted by Crippen LogP contribution is -3.06. The average Bonchev–Trinajstić information content (AvgIpc) is 2.92. The Balaban J connectivity index is 1.13. The van der Waals surface area contributed by atoms with Crippen LogP contribution in [0.4, 0.5) is 5.69 Å². The van der Waals surface area contributed by atoms with Gasteiger partial charge in [-0.25, -0.2) is 0 Å². The van der Waals surface area contributed by atoms with Gasteiger partial charge in [0.15, 0.2) is 0 Å². The molecule has 1 heterocycles. The highest BCUT2D eigenvalue weighted by atomic mass is 16.2. The molecule has 6 aliphatic carbocycles. The Morgan fingerprint density at radius 1 is 0.963 bits per heavy atom. The second kappa shape index (κ2) is 4.57. The lowest BCUT2D eigenvalue weighted by atomic mass is 8.96. The number of likely N-dealkylation sites (N-methyl/N-ethyl adjacent to an activating group) is 1. The zero-order valence-corrected chi connectivity index (χ0v) is 15.6. The van der Waals surface area contributed by atoms with Gasteiger partial charge in [-0.15, -0.1) is 0 Å².